The third kappa shape index (κ3) is 5.38. The van der Waals surface area contributed by atoms with E-state index in [2.05, 4.69) is 15.9 Å². The van der Waals surface area contributed by atoms with Gasteiger partial charge in [0.15, 0.2) is 19.0 Å². The summed E-state index contributed by atoms with van der Waals surface area (Å²) < 4.78 is 10.9. The lowest BCUT2D eigenvalue weighted by molar-refractivity contribution is -0.144. The van der Waals surface area contributed by atoms with Gasteiger partial charge in [-0.1, -0.05) is 62.9 Å². The highest BCUT2D eigenvalue weighted by Crippen LogP contribution is 2.33. The van der Waals surface area contributed by atoms with Crippen LogP contribution in [0.3, 0.4) is 0 Å². The largest absolute Gasteiger partial charge is 0.480 e. The molecule has 0 fully saturated rings. The van der Waals surface area contributed by atoms with Crippen LogP contribution in [0.4, 0.5) is 0 Å². The van der Waals surface area contributed by atoms with Crippen molar-refractivity contribution in [3.05, 3.63) is 61.5 Å². The molecule has 4 nitrogen and oxygen atoms in total. The first-order valence-corrected chi connectivity index (χ1v) is 8.51. The summed E-state index contributed by atoms with van der Waals surface area (Å²) in [5, 5.41) is 0.731. The Kier molecular flexibility index (Phi) is 6.92. The van der Waals surface area contributed by atoms with Crippen molar-refractivity contribution < 1.29 is 19.1 Å². The fourth-order valence-corrected chi connectivity index (χ4v) is 2.51. The number of carbonyl (C=O) groups excluding carboxylic acids is 2. The van der Waals surface area contributed by atoms with Gasteiger partial charge in [0.2, 0.25) is 0 Å². The Labute approximate surface area is 161 Å². The summed E-state index contributed by atoms with van der Waals surface area (Å²) in [5.74, 6) is -0.826. The van der Waals surface area contributed by atoms with Crippen LogP contribution < -0.4 is 4.74 Å². The molecule has 0 aromatic heterocycles. The SMILES string of the molecule is O=C(COc1cc(Cl)c(Cl)cc1Cl)OCC(=O)c1ccc(Br)cc1. The molecule has 2 rings (SSSR count). The van der Waals surface area contributed by atoms with Crippen LogP contribution in [-0.4, -0.2) is 25.0 Å². The van der Waals surface area contributed by atoms with Gasteiger partial charge in [0.25, 0.3) is 0 Å². The first-order valence-electron chi connectivity index (χ1n) is 6.58. The van der Waals surface area contributed by atoms with Gasteiger partial charge >= 0.3 is 5.97 Å². The van der Waals surface area contributed by atoms with Gasteiger partial charge in [-0.3, -0.25) is 4.79 Å². The highest BCUT2D eigenvalue weighted by molar-refractivity contribution is 9.10. The fourth-order valence-electron chi connectivity index (χ4n) is 1.66. The predicted molar refractivity (Wildman–Crippen MR) is 96.4 cm³/mol. The second-order valence-electron chi connectivity index (χ2n) is 4.58. The van der Waals surface area contributed by atoms with Gasteiger partial charge in [0.05, 0.1) is 15.1 Å². The highest BCUT2D eigenvalue weighted by Gasteiger charge is 2.13. The van der Waals surface area contributed by atoms with Crippen LogP contribution in [0.5, 0.6) is 5.75 Å². The number of carbonyl (C=O) groups is 2. The number of ketones is 1. The Morgan fingerprint density at radius 3 is 2.21 bits per heavy atom. The van der Waals surface area contributed by atoms with Crippen molar-refractivity contribution >= 4 is 62.5 Å². The zero-order valence-electron chi connectivity index (χ0n) is 12.0. The number of benzene rings is 2. The van der Waals surface area contributed by atoms with Crippen LogP contribution in [0, 0.1) is 0 Å². The van der Waals surface area contributed by atoms with Gasteiger partial charge in [0.1, 0.15) is 5.75 Å². The van der Waals surface area contributed by atoms with E-state index in [0.29, 0.717) is 5.56 Å². The maximum absolute atomic E-state index is 11.9. The molecule has 0 aliphatic carbocycles. The second-order valence-corrected chi connectivity index (χ2v) is 6.71. The number of ether oxygens (including phenoxy) is 2. The van der Waals surface area contributed by atoms with Gasteiger partial charge < -0.3 is 9.47 Å². The van der Waals surface area contributed by atoms with E-state index in [1.165, 1.54) is 12.1 Å². The monoisotopic (exact) mass is 450 g/mol. The van der Waals surface area contributed by atoms with Gasteiger partial charge in [-0.25, -0.2) is 4.79 Å². The van der Waals surface area contributed by atoms with Gasteiger partial charge in [-0.05, 0) is 18.2 Å². The van der Waals surface area contributed by atoms with E-state index in [4.69, 9.17) is 44.3 Å². The van der Waals surface area contributed by atoms with E-state index in [9.17, 15) is 9.59 Å². The Morgan fingerprint density at radius 2 is 1.54 bits per heavy atom. The smallest absolute Gasteiger partial charge is 0.344 e. The molecule has 2 aromatic rings. The van der Waals surface area contributed by atoms with E-state index in [1.54, 1.807) is 24.3 Å². The zero-order valence-corrected chi connectivity index (χ0v) is 15.9. The van der Waals surface area contributed by atoms with Crippen molar-refractivity contribution in [3.63, 3.8) is 0 Å². The van der Waals surface area contributed by atoms with E-state index in [0.717, 1.165) is 4.47 Å². The molecule has 2 aromatic carbocycles. The Balaban J connectivity index is 1.84. The predicted octanol–water partition coefficient (Wildman–Crippen LogP) is 5.21. The lowest BCUT2D eigenvalue weighted by Gasteiger charge is -2.09. The average molecular weight is 453 g/mol. The van der Waals surface area contributed by atoms with E-state index in [-0.39, 0.29) is 33.2 Å². The molecule has 0 saturated carbocycles. The van der Waals surface area contributed by atoms with Gasteiger partial charge in [-0.15, -0.1) is 0 Å². The number of hydrogen-bond acceptors (Lipinski definition) is 4. The van der Waals surface area contributed by atoms with Crippen LogP contribution in [-0.2, 0) is 9.53 Å². The topological polar surface area (TPSA) is 52.6 Å². The molecular formula is C16H10BrCl3O4. The quantitative estimate of drug-likeness (QED) is 0.343. The van der Waals surface area contributed by atoms with Crippen LogP contribution >= 0.6 is 50.7 Å². The molecule has 0 N–H and O–H groups in total. The molecule has 0 heterocycles. The molecule has 24 heavy (non-hydrogen) atoms. The minimum absolute atomic E-state index is 0.197. The average Bonchev–Trinajstić information content (AvgIpc) is 2.55. The molecule has 0 aliphatic rings. The minimum atomic E-state index is -0.706. The van der Waals surface area contributed by atoms with Crippen molar-refractivity contribution in [2.45, 2.75) is 0 Å². The minimum Gasteiger partial charge on any atom is -0.480 e. The second kappa shape index (κ2) is 8.72. The Bertz CT molecular complexity index is 763. The summed E-state index contributed by atoms with van der Waals surface area (Å²) in [4.78, 5) is 23.5. The first-order chi connectivity index (χ1) is 11.4. The highest BCUT2D eigenvalue weighted by atomic mass is 79.9. The van der Waals surface area contributed by atoms with Crippen molar-refractivity contribution in [1.29, 1.82) is 0 Å². The first kappa shape index (κ1) is 19.1. The number of halogens is 4. The maximum atomic E-state index is 11.9. The summed E-state index contributed by atoms with van der Waals surface area (Å²) in [7, 11) is 0. The number of rotatable bonds is 6. The maximum Gasteiger partial charge on any atom is 0.344 e. The summed E-state index contributed by atoms with van der Waals surface area (Å²) in [6.07, 6.45) is 0. The van der Waals surface area contributed by atoms with Crippen LogP contribution in [0.1, 0.15) is 10.4 Å². The van der Waals surface area contributed by atoms with Gasteiger partial charge in [0, 0.05) is 16.1 Å². The van der Waals surface area contributed by atoms with Crippen molar-refractivity contribution in [2.75, 3.05) is 13.2 Å². The molecule has 0 atom stereocenters. The molecule has 0 amide bonds. The molecule has 126 valence electrons. The van der Waals surface area contributed by atoms with Crippen molar-refractivity contribution in [2.24, 2.45) is 0 Å². The number of Topliss-reactive ketones (excluding diaryl/α,β-unsaturated/α-hetero) is 1. The van der Waals surface area contributed by atoms with E-state index < -0.39 is 12.6 Å². The molecular weight excluding hydrogens is 442 g/mol. The van der Waals surface area contributed by atoms with Crippen molar-refractivity contribution in [1.82, 2.24) is 0 Å². The van der Waals surface area contributed by atoms with E-state index >= 15 is 0 Å². The summed E-state index contributed by atoms with van der Waals surface area (Å²) >= 11 is 20.8. The fraction of sp³-hybridized carbons (Fsp3) is 0.125. The Morgan fingerprint density at radius 1 is 0.917 bits per heavy atom. The summed E-state index contributed by atoms with van der Waals surface area (Å²) in [6, 6.07) is 9.52. The molecule has 0 saturated heterocycles. The molecule has 0 aliphatic heterocycles. The van der Waals surface area contributed by atoms with E-state index in [1.807, 2.05) is 0 Å². The van der Waals surface area contributed by atoms with Crippen LogP contribution in [0.25, 0.3) is 0 Å². The molecule has 0 spiro atoms. The van der Waals surface area contributed by atoms with Crippen molar-refractivity contribution in [3.8, 4) is 5.75 Å². The summed E-state index contributed by atoms with van der Waals surface area (Å²) in [5.41, 5.74) is 0.444. The zero-order chi connectivity index (χ0) is 17.7. The number of esters is 1. The third-order valence-electron chi connectivity index (χ3n) is 2.85. The van der Waals surface area contributed by atoms with Crippen LogP contribution in [0.15, 0.2) is 40.9 Å². The summed E-state index contributed by atoms with van der Waals surface area (Å²) in [6.45, 7) is -0.787. The molecule has 8 heteroatoms. The standard InChI is InChI=1S/C16H10BrCl3O4/c17-10-3-1-9(2-4-10)14(21)7-24-16(22)8-23-15-6-12(19)11(18)5-13(15)20/h1-6H,7-8H2. The lowest BCUT2D eigenvalue weighted by Crippen LogP contribution is -2.19. The molecule has 0 unspecified atom stereocenters. The third-order valence-corrected chi connectivity index (χ3v) is 4.40. The lowest BCUT2D eigenvalue weighted by atomic mass is 10.1. The number of hydrogen-bond donors (Lipinski definition) is 0. The Hall–Kier alpha value is -1.27. The van der Waals surface area contributed by atoms with Crippen LogP contribution in [0.2, 0.25) is 15.1 Å². The molecule has 0 radical (unpaired) electrons. The normalized spacial score (nSPS) is 10.3. The molecule has 0 bridgehead atoms. The van der Waals surface area contributed by atoms with Gasteiger partial charge in [-0.2, -0.15) is 0 Å².